The number of halogens is 2. The third-order valence-electron chi connectivity index (χ3n) is 4.28. The van der Waals surface area contributed by atoms with Gasteiger partial charge in [-0.2, -0.15) is 0 Å². The summed E-state index contributed by atoms with van der Waals surface area (Å²) < 4.78 is 1.71. The molecule has 0 N–H and O–H groups in total. The van der Waals surface area contributed by atoms with Crippen molar-refractivity contribution in [2.24, 2.45) is 0 Å². The topological polar surface area (TPSA) is 0 Å². The van der Waals surface area contributed by atoms with Crippen LogP contribution in [0.15, 0.2) is 50.3 Å². The molecule has 1 fully saturated rings. The van der Waals surface area contributed by atoms with Gasteiger partial charge in [-0.05, 0) is 0 Å². The zero-order valence-corrected chi connectivity index (χ0v) is 14.4. The Kier molecular flexibility index (Phi) is 4.60. The molecule has 0 amide bonds. The number of rotatable bonds is 1. The predicted molar refractivity (Wildman–Crippen MR) is 66.1 cm³/mol. The molecular weight excluding hydrogens is 354 g/mol. The van der Waals surface area contributed by atoms with Crippen molar-refractivity contribution >= 4 is 6.08 Å². The van der Waals surface area contributed by atoms with E-state index in [-0.39, 0.29) is 24.8 Å². The average molecular weight is 367 g/mol. The van der Waals surface area contributed by atoms with Gasteiger partial charge in [-0.1, -0.05) is 0 Å². The molecule has 1 atom stereocenters. The fourth-order valence-corrected chi connectivity index (χ4v) is 4.46. The van der Waals surface area contributed by atoms with E-state index < -0.39 is 0 Å². The quantitative estimate of drug-likeness (QED) is 0.544. The Bertz CT molecular complexity index is 611. The van der Waals surface area contributed by atoms with Crippen molar-refractivity contribution in [1.82, 2.24) is 0 Å². The fraction of sp³-hybridized carbons (Fsp3) is 0.250. The molecule has 1 aromatic carbocycles. The third kappa shape index (κ3) is 2.25. The predicted octanol–water partition coefficient (Wildman–Crippen LogP) is -1.90. The molecular formula is C16H13Cl2Zr. The van der Waals surface area contributed by atoms with E-state index in [0.29, 0.717) is 5.92 Å². The van der Waals surface area contributed by atoms with Crippen LogP contribution < -0.4 is 24.8 Å². The molecule has 95 valence electrons. The first-order chi connectivity index (χ1) is 8.34. The standard InChI is InChI=1S/C16H13.2ClH.Zr/c1-2-4-13-11(3-1)6-9-15(13)16-10-7-12-5-8-14(12)16;;;/h1-4,6,9,15H,5,8,10H2;2*1H;/q;;;+2/p-2. The molecule has 1 aromatic rings. The molecule has 0 spiro atoms. The number of fused-ring (bicyclic) bond motifs is 2. The molecule has 0 saturated heterocycles. The molecule has 0 aliphatic heterocycles. The minimum atomic E-state index is 0. The number of hydrogen-bond donors (Lipinski definition) is 0. The molecule has 19 heavy (non-hydrogen) atoms. The zero-order chi connectivity index (χ0) is 11.4. The van der Waals surface area contributed by atoms with Crippen LogP contribution in [-0.2, 0) is 24.7 Å². The summed E-state index contributed by atoms with van der Waals surface area (Å²) in [6.07, 6.45) is 8.63. The summed E-state index contributed by atoms with van der Waals surface area (Å²) in [6.45, 7) is 0. The van der Waals surface area contributed by atoms with Crippen molar-refractivity contribution in [2.75, 3.05) is 0 Å². The Labute approximate surface area is 141 Å². The molecule has 3 heteroatoms. The normalized spacial score (nSPS) is 22.5. The molecule has 3 aliphatic carbocycles. The van der Waals surface area contributed by atoms with Gasteiger partial charge in [0.05, 0.1) is 0 Å². The van der Waals surface area contributed by atoms with Crippen LogP contribution in [0.5, 0.6) is 0 Å². The molecule has 1 unspecified atom stereocenters. The van der Waals surface area contributed by atoms with E-state index in [9.17, 15) is 0 Å². The van der Waals surface area contributed by atoms with Crippen molar-refractivity contribution < 1.29 is 49.5 Å². The second-order valence-electron chi connectivity index (χ2n) is 5.10. The summed E-state index contributed by atoms with van der Waals surface area (Å²) in [6, 6.07) is 8.85. The molecule has 0 aromatic heterocycles. The van der Waals surface area contributed by atoms with Crippen molar-refractivity contribution in [3.05, 3.63) is 61.5 Å². The summed E-state index contributed by atoms with van der Waals surface area (Å²) in [5.74, 6) is 0.578. The van der Waals surface area contributed by atoms with Crippen LogP contribution in [0.2, 0.25) is 0 Å². The number of allylic oxidation sites excluding steroid dienone is 5. The van der Waals surface area contributed by atoms with Crippen molar-refractivity contribution in [3.63, 3.8) is 0 Å². The maximum atomic E-state index is 2.40. The van der Waals surface area contributed by atoms with Crippen LogP contribution in [0.4, 0.5) is 0 Å². The molecule has 4 rings (SSSR count). The second kappa shape index (κ2) is 5.72. The molecule has 3 aliphatic rings. The first-order valence-corrected chi connectivity index (χ1v) is 7.50. The molecule has 0 nitrogen and oxygen atoms in total. The van der Waals surface area contributed by atoms with Gasteiger partial charge in [0.15, 0.2) is 0 Å². The average Bonchev–Trinajstić information content (AvgIpc) is 2.77. The van der Waals surface area contributed by atoms with Crippen LogP contribution in [0.25, 0.3) is 6.08 Å². The summed E-state index contributed by atoms with van der Waals surface area (Å²) in [5, 5.41) is 0. The van der Waals surface area contributed by atoms with Crippen LogP contribution in [0.1, 0.15) is 36.3 Å². The van der Waals surface area contributed by atoms with Gasteiger partial charge in [0.2, 0.25) is 0 Å². The van der Waals surface area contributed by atoms with Gasteiger partial charge in [0.25, 0.3) is 0 Å². The second-order valence-corrected chi connectivity index (χ2v) is 6.59. The van der Waals surface area contributed by atoms with Gasteiger partial charge < -0.3 is 24.8 Å². The SMILES string of the molecule is [Cl-].[Cl-].[Zr+2][C]1=C2CCC2=C(C2C=Cc3ccccc32)C1. The van der Waals surface area contributed by atoms with E-state index in [1.807, 2.05) is 0 Å². The van der Waals surface area contributed by atoms with Crippen LogP contribution >= 0.6 is 0 Å². The minimum absolute atomic E-state index is 0. The van der Waals surface area contributed by atoms with E-state index in [1.54, 1.807) is 44.7 Å². The summed E-state index contributed by atoms with van der Waals surface area (Å²) in [4.78, 5) is 0. The number of hydrogen-bond acceptors (Lipinski definition) is 0. The molecule has 0 heterocycles. The Morgan fingerprint density at radius 3 is 2.42 bits per heavy atom. The van der Waals surface area contributed by atoms with Crippen LogP contribution in [0, 0.1) is 0 Å². The Balaban J connectivity index is 0.000000667. The van der Waals surface area contributed by atoms with Gasteiger partial charge in [-0.3, -0.25) is 0 Å². The first kappa shape index (κ1) is 15.3. The third-order valence-corrected chi connectivity index (χ3v) is 5.46. The number of benzene rings is 1. The maximum absolute atomic E-state index is 2.40. The van der Waals surface area contributed by atoms with Gasteiger partial charge in [0, 0.05) is 0 Å². The summed E-state index contributed by atoms with van der Waals surface area (Å²) in [7, 11) is 0. The van der Waals surface area contributed by atoms with E-state index in [0.717, 1.165) is 0 Å². The van der Waals surface area contributed by atoms with E-state index in [1.165, 1.54) is 30.4 Å². The van der Waals surface area contributed by atoms with E-state index >= 15 is 0 Å². The van der Waals surface area contributed by atoms with Crippen molar-refractivity contribution in [2.45, 2.75) is 25.2 Å². The Morgan fingerprint density at radius 1 is 1.00 bits per heavy atom. The monoisotopic (exact) mass is 365 g/mol. The Morgan fingerprint density at radius 2 is 1.74 bits per heavy atom. The van der Waals surface area contributed by atoms with Crippen molar-refractivity contribution in [1.29, 1.82) is 0 Å². The first-order valence-electron chi connectivity index (χ1n) is 6.27. The van der Waals surface area contributed by atoms with Crippen molar-refractivity contribution in [3.8, 4) is 0 Å². The summed E-state index contributed by atoms with van der Waals surface area (Å²) >= 11 is 1.63. The van der Waals surface area contributed by atoms with Gasteiger partial charge in [0.1, 0.15) is 0 Å². The summed E-state index contributed by atoms with van der Waals surface area (Å²) in [5.41, 5.74) is 8.08. The molecule has 0 bridgehead atoms. The fourth-order valence-electron chi connectivity index (χ4n) is 3.32. The van der Waals surface area contributed by atoms with E-state index in [4.69, 9.17) is 0 Å². The van der Waals surface area contributed by atoms with Gasteiger partial charge >= 0.3 is 117 Å². The molecule has 0 radical (unpaired) electrons. The van der Waals surface area contributed by atoms with Gasteiger partial charge in [-0.25, -0.2) is 0 Å². The van der Waals surface area contributed by atoms with Gasteiger partial charge in [-0.15, -0.1) is 0 Å². The van der Waals surface area contributed by atoms with Crippen LogP contribution in [-0.4, -0.2) is 0 Å². The Hall–Kier alpha value is -0.0969. The van der Waals surface area contributed by atoms with E-state index in [2.05, 4.69) is 36.4 Å². The molecule has 1 saturated carbocycles. The zero-order valence-electron chi connectivity index (χ0n) is 10.4. The van der Waals surface area contributed by atoms with Crippen LogP contribution in [0.3, 0.4) is 0 Å².